The molecule has 1 atom stereocenters. The maximum absolute atomic E-state index is 11.5. The molecule has 1 rings (SSSR count). The van der Waals surface area contributed by atoms with Gasteiger partial charge in [0.2, 0.25) is 5.91 Å². The van der Waals surface area contributed by atoms with Crippen LogP contribution in [-0.2, 0) is 11.3 Å². The van der Waals surface area contributed by atoms with Crippen molar-refractivity contribution >= 4 is 27.5 Å². The summed E-state index contributed by atoms with van der Waals surface area (Å²) >= 11 is 3.53. The number of nitrogens with two attached hydrogens (primary N) is 1. The molecule has 1 amide bonds. The van der Waals surface area contributed by atoms with E-state index < -0.39 is 0 Å². The van der Waals surface area contributed by atoms with Crippen LogP contribution in [-0.4, -0.2) is 26.5 Å². The zero-order valence-electron chi connectivity index (χ0n) is 11.0. The van der Waals surface area contributed by atoms with Crippen LogP contribution in [0.3, 0.4) is 0 Å². The van der Waals surface area contributed by atoms with Crippen LogP contribution < -0.4 is 16.0 Å². The Labute approximate surface area is 117 Å². The number of rotatable bonds is 5. The van der Waals surface area contributed by atoms with Gasteiger partial charge in [-0.2, -0.15) is 0 Å². The van der Waals surface area contributed by atoms with E-state index in [-0.39, 0.29) is 11.8 Å². The molecule has 18 heavy (non-hydrogen) atoms. The van der Waals surface area contributed by atoms with Crippen molar-refractivity contribution in [2.24, 2.45) is 11.7 Å². The first-order valence-corrected chi connectivity index (χ1v) is 6.70. The summed E-state index contributed by atoms with van der Waals surface area (Å²) in [5, 5.41) is 2.66. The zero-order chi connectivity index (χ0) is 13.7. The van der Waals surface area contributed by atoms with Crippen LogP contribution >= 0.6 is 15.9 Å². The predicted octanol–water partition coefficient (Wildman–Crippen LogP) is 1.73. The number of nitrogens with zero attached hydrogens (tertiary/aromatic N) is 1. The van der Waals surface area contributed by atoms with E-state index in [1.807, 2.05) is 32.2 Å². The van der Waals surface area contributed by atoms with E-state index in [1.54, 1.807) is 7.05 Å². The predicted molar refractivity (Wildman–Crippen MR) is 78.5 cm³/mol. The molecule has 5 heteroatoms. The first kappa shape index (κ1) is 15.0. The molecule has 0 aliphatic carbocycles. The van der Waals surface area contributed by atoms with Gasteiger partial charge in [0.15, 0.2) is 0 Å². The summed E-state index contributed by atoms with van der Waals surface area (Å²) in [7, 11) is 3.63. The maximum atomic E-state index is 11.5. The lowest BCUT2D eigenvalue weighted by atomic mass is 10.1. The second-order valence-corrected chi connectivity index (χ2v) is 5.24. The van der Waals surface area contributed by atoms with Crippen molar-refractivity contribution < 1.29 is 4.79 Å². The Bertz CT molecular complexity index is 423. The highest BCUT2D eigenvalue weighted by Crippen LogP contribution is 2.27. The summed E-state index contributed by atoms with van der Waals surface area (Å²) in [5.41, 5.74) is 7.74. The highest BCUT2D eigenvalue weighted by atomic mass is 79.9. The van der Waals surface area contributed by atoms with E-state index >= 15 is 0 Å². The number of benzene rings is 1. The van der Waals surface area contributed by atoms with Crippen LogP contribution in [0.1, 0.15) is 12.5 Å². The van der Waals surface area contributed by atoms with Crippen LogP contribution in [0.5, 0.6) is 0 Å². The maximum Gasteiger partial charge on any atom is 0.224 e. The van der Waals surface area contributed by atoms with Crippen molar-refractivity contribution in [2.45, 2.75) is 13.5 Å². The number of hydrogen-bond donors (Lipinski definition) is 2. The fourth-order valence-electron chi connectivity index (χ4n) is 1.83. The van der Waals surface area contributed by atoms with Gasteiger partial charge in [0.1, 0.15) is 0 Å². The third kappa shape index (κ3) is 3.71. The highest BCUT2D eigenvalue weighted by molar-refractivity contribution is 9.10. The van der Waals surface area contributed by atoms with E-state index in [2.05, 4.69) is 26.1 Å². The van der Waals surface area contributed by atoms with Gasteiger partial charge in [0.25, 0.3) is 0 Å². The summed E-state index contributed by atoms with van der Waals surface area (Å²) in [4.78, 5) is 13.6. The van der Waals surface area contributed by atoms with Crippen LogP contribution in [0.25, 0.3) is 0 Å². The number of halogens is 1. The highest BCUT2D eigenvalue weighted by Gasteiger charge is 2.15. The molecule has 0 radical (unpaired) electrons. The third-order valence-corrected chi connectivity index (χ3v) is 3.54. The second-order valence-electron chi connectivity index (χ2n) is 4.39. The molecule has 1 aromatic rings. The summed E-state index contributed by atoms with van der Waals surface area (Å²) in [6.45, 7) is 3.11. The summed E-state index contributed by atoms with van der Waals surface area (Å²) in [6.07, 6.45) is 0. The Morgan fingerprint density at radius 3 is 2.72 bits per heavy atom. The van der Waals surface area contributed by atoms with Crippen molar-refractivity contribution in [3.63, 3.8) is 0 Å². The molecule has 1 aromatic carbocycles. The zero-order valence-corrected chi connectivity index (χ0v) is 12.6. The normalized spacial score (nSPS) is 12.1. The molecule has 0 aliphatic rings. The Balaban J connectivity index is 2.78. The smallest absolute Gasteiger partial charge is 0.224 e. The van der Waals surface area contributed by atoms with Crippen molar-refractivity contribution in [1.82, 2.24) is 5.32 Å². The van der Waals surface area contributed by atoms with Gasteiger partial charge in [-0.3, -0.25) is 4.79 Å². The molecule has 0 fully saturated rings. The number of anilines is 1. The van der Waals surface area contributed by atoms with Crippen LogP contribution in [0.4, 0.5) is 5.69 Å². The quantitative estimate of drug-likeness (QED) is 0.870. The van der Waals surface area contributed by atoms with Gasteiger partial charge >= 0.3 is 0 Å². The molecular weight excluding hydrogens is 294 g/mol. The number of nitrogens with one attached hydrogen (secondary N) is 1. The van der Waals surface area contributed by atoms with Crippen LogP contribution in [0, 0.1) is 5.92 Å². The monoisotopic (exact) mass is 313 g/mol. The molecule has 0 bridgehead atoms. The Morgan fingerprint density at radius 2 is 2.22 bits per heavy atom. The van der Waals surface area contributed by atoms with Gasteiger partial charge < -0.3 is 16.0 Å². The summed E-state index contributed by atoms with van der Waals surface area (Å²) in [6, 6.07) is 6.03. The molecule has 0 spiro atoms. The standard InChI is InChI=1S/C13H20BrN3O/c1-9(13(18)16-2)8-17(3)12-5-4-10(7-15)6-11(12)14/h4-6,9H,7-8,15H2,1-3H3,(H,16,18). The summed E-state index contributed by atoms with van der Waals surface area (Å²) in [5.74, 6) is -0.00219. The molecular formula is C13H20BrN3O. The fraction of sp³-hybridized carbons (Fsp3) is 0.462. The average molecular weight is 314 g/mol. The van der Waals surface area contributed by atoms with Crippen molar-refractivity contribution in [2.75, 3.05) is 25.5 Å². The SMILES string of the molecule is CNC(=O)C(C)CN(C)c1ccc(CN)cc1Br. The van der Waals surface area contributed by atoms with Crippen molar-refractivity contribution in [1.29, 1.82) is 0 Å². The largest absolute Gasteiger partial charge is 0.373 e. The number of amides is 1. The molecule has 0 saturated heterocycles. The molecule has 0 saturated carbocycles. The number of carbonyl (C=O) groups is 1. The lowest BCUT2D eigenvalue weighted by molar-refractivity contribution is -0.123. The van der Waals surface area contributed by atoms with Gasteiger partial charge in [-0.25, -0.2) is 0 Å². The van der Waals surface area contributed by atoms with E-state index in [0.29, 0.717) is 13.1 Å². The lowest BCUT2D eigenvalue weighted by Crippen LogP contribution is -2.34. The van der Waals surface area contributed by atoms with E-state index in [4.69, 9.17) is 5.73 Å². The van der Waals surface area contributed by atoms with Crippen molar-refractivity contribution in [3.8, 4) is 0 Å². The van der Waals surface area contributed by atoms with E-state index in [1.165, 1.54) is 0 Å². The van der Waals surface area contributed by atoms with Gasteiger partial charge in [0.05, 0.1) is 11.6 Å². The topological polar surface area (TPSA) is 58.4 Å². The van der Waals surface area contributed by atoms with Crippen LogP contribution in [0.15, 0.2) is 22.7 Å². The molecule has 4 nitrogen and oxygen atoms in total. The average Bonchev–Trinajstić information content (AvgIpc) is 2.37. The molecule has 0 aromatic heterocycles. The Morgan fingerprint density at radius 1 is 1.56 bits per heavy atom. The molecule has 0 aliphatic heterocycles. The molecule has 0 heterocycles. The van der Waals surface area contributed by atoms with Crippen molar-refractivity contribution in [3.05, 3.63) is 28.2 Å². The third-order valence-electron chi connectivity index (χ3n) is 2.90. The second kappa shape index (κ2) is 6.75. The van der Waals surface area contributed by atoms with Gasteiger partial charge in [-0.05, 0) is 33.6 Å². The Kier molecular flexibility index (Phi) is 5.62. The minimum absolute atomic E-state index is 0.0524. The Hall–Kier alpha value is -1.07. The van der Waals surface area contributed by atoms with E-state index in [9.17, 15) is 4.79 Å². The van der Waals surface area contributed by atoms with Crippen LogP contribution in [0.2, 0.25) is 0 Å². The number of carbonyl (C=O) groups excluding carboxylic acids is 1. The summed E-state index contributed by atoms with van der Waals surface area (Å²) < 4.78 is 0.997. The first-order valence-electron chi connectivity index (χ1n) is 5.90. The lowest BCUT2D eigenvalue weighted by Gasteiger charge is -2.24. The number of hydrogen-bond acceptors (Lipinski definition) is 3. The van der Waals surface area contributed by atoms with Gasteiger partial charge in [-0.1, -0.05) is 13.0 Å². The molecule has 3 N–H and O–H groups in total. The molecule has 100 valence electrons. The van der Waals surface area contributed by atoms with E-state index in [0.717, 1.165) is 15.7 Å². The first-order chi connectivity index (χ1) is 8.49. The van der Waals surface area contributed by atoms with Gasteiger partial charge in [-0.15, -0.1) is 0 Å². The fourth-order valence-corrected chi connectivity index (χ4v) is 2.55. The molecule has 1 unspecified atom stereocenters. The minimum atomic E-state index is -0.0546. The minimum Gasteiger partial charge on any atom is -0.373 e. The van der Waals surface area contributed by atoms with Gasteiger partial charge in [0, 0.05) is 31.7 Å².